The van der Waals surface area contributed by atoms with E-state index in [1.165, 1.54) is 0 Å². The second kappa shape index (κ2) is 2.20. The Hall–Kier alpha value is -0.160. The zero-order chi connectivity index (χ0) is 8.98. The molecular formula is C8H14O4. The van der Waals surface area contributed by atoms with Crippen LogP contribution in [0, 0.1) is 0 Å². The molecule has 1 saturated heterocycles. The van der Waals surface area contributed by atoms with Crippen molar-refractivity contribution in [3.8, 4) is 0 Å². The van der Waals surface area contributed by atoms with E-state index < -0.39 is 17.5 Å². The molecule has 4 heteroatoms. The van der Waals surface area contributed by atoms with Gasteiger partial charge >= 0.3 is 0 Å². The van der Waals surface area contributed by atoms with Crippen LogP contribution in [0.2, 0.25) is 0 Å². The molecule has 0 aromatic rings. The zero-order valence-corrected chi connectivity index (χ0v) is 7.28. The molecule has 1 aliphatic carbocycles. The summed E-state index contributed by atoms with van der Waals surface area (Å²) in [5, 5.41) is 18.3. The van der Waals surface area contributed by atoms with Crippen molar-refractivity contribution in [2.75, 3.05) is 6.61 Å². The van der Waals surface area contributed by atoms with Crippen molar-refractivity contribution >= 4 is 0 Å². The van der Waals surface area contributed by atoms with E-state index in [-0.39, 0.29) is 12.7 Å². The van der Waals surface area contributed by atoms with Crippen molar-refractivity contribution in [2.45, 2.75) is 43.9 Å². The summed E-state index contributed by atoms with van der Waals surface area (Å²) >= 11 is 0. The Bertz CT molecular complexity index is 203. The Morgan fingerprint density at radius 3 is 2.42 bits per heavy atom. The molecule has 1 unspecified atom stereocenters. The molecule has 0 amide bonds. The Balaban J connectivity index is 2.16. The van der Waals surface area contributed by atoms with Crippen LogP contribution in [-0.4, -0.2) is 40.4 Å². The Morgan fingerprint density at radius 2 is 2.08 bits per heavy atom. The Morgan fingerprint density at radius 1 is 1.50 bits per heavy atom. The molecule has 3 atom stereocenters. The molecule has 1 heterocycles. The fourth-order valence-corrected chi connectivity index (χ4v) is 1.88. The van der Waals surface area contributed by atoms with E-state index in [1.54, 1.807) is 13.8 Å². The summed E-state index contributed by atoms with van der Waals surface area (Å²) < 4.78 is 10.9. The van der Waals surface area contributed by atoms with Crippen molar-refractivity contribution in [1.82, 2.24) is 0 Å². The predicted octanol–water partition coefficient (Wildman–Crippen LogP) is -0.366. The van der Waals surface area contributed by atoms with Crippen LogP contribution in [-0.2, 0) is 9.47 Å². The van der Waals surface area contributed by atoms with Gasteiger partial charge in [-0.1, -0.05) is 0 Å². The van der Waals surface area contributed by atoms with Crippen LogP contribution >= 0.6 is 0 Å². The third kappa shape index (κ3) is 0.992. The van der Waals surface area contributed by atoms with Crippen LogP contribution in [0.1, 0.15) is 20.3 Å². The second-order valence-corrected chi connectivity index (χ2v) is 3.97. The Kier molecular flexibility index (Phi) is 1.55. The van der Waals surface area contributed by atoms with Gasteiger partial charge in [-0.05, 0) is 13.8 Å². The number of hydrogen-bond donors (Lipinski definition) is 2. The van der Waals surface area contributed by atoms with Crippen LogP contribution < -0.4 is 0 Å². The monoisotopic (exact) mass is 174 g/mol. The van der Waals surface area contributed by atoms with E-state index in [1.807, 2.05) is 0 Å². The summed E-state index contributed by atoms with van der Waals surface area (Å²) in [5.74, 6) is -0.676. The first-order valence-corrected chi connectivity index (χ1v) is 4.17. The maximum Gasteiger partial charge on any atom is 0.164 e. The summed E-state index contributed by atoms with van der Waals surface area (Å²) in [4.78, 5) is 0. The first-order chi connectivity index (χ1) is 5.50. The molecule has 0 radical (unpaired) electrons. The Labute approximate surface area is 71.1 Å². The first kappa shape index (κ1) is 8.44. The second-order valence-electron chi connectivity index (χ2n) is 3.97. The maximum atomic E-state index is 9.33. The van der Waals surface area contributed by atoms with Crippen molar-refractivity contribution in [3.05, 3.63) is 0 Å². The van der Waals surface area contributed by atoms with Crippen molar-refractivity contribution in [3.63, 3.8) is 0 Å². The van der Waals surface area contributed by atoms with E-state index in [2.05, 4.69) is 0 Å². The average molecular weight is 174 g/mol. The highest BCUT2D eigenvalue weighted by molar-refractivity contribution is 5.14. The van der Waals surface area contributed by atoms with Gasteiger partial charge in [0.25, 0.3) is 0 Å². The third-order valence-corrected chi connectivity index (χ3v) is 2.49. The molecule has 0 aromatic heterocycles. The number of rotatable bonds is 1. The molecule has 2 N–H and O–H groups in total. The summed E-state index contributed by atoms with van der Waals surface area (Å²) in [6.07, 6.45) is -0.277. The lowest BCUT2D eigenvalue weighted by Gasteiger charge is -2.16. The lowest BCUT2D eigenvalue weighted by Crippen LogP contribution is -2.31. The van der Waals surface area contributed by atoms with Gasteiger partial charge in [0.2, 0.25) is 0 Å². The highest BCUT2D eigenvalue weighted by Crippen LogP contribution is 2.52. The van der Waals surface area contributed by atoms with Gasteiger partial charge in [-0.25, -0.2) is 0 Å². The van der Waals surface area contributed by atoms with E-state index in [0.717, 1.165) is 0 Å². The summed E-state index contributed by atoms with van der Waals surface area (Å²) in [6.45, 7) is 3.48. The maximum absolute atomic E-state index is 9.33. The standard InChI is InChI=1S/C8H14O4/c1-7(2)11-6(4-9)8(12-7)3-5(8)10/h5-6,9-10H,3-4H2,1-2H3/t5-,6-,8?/m1/s1. The van der Waals surface area contributed by atoms with E-state index in [0.29, 0.717) is 6.42 Å². The lowest BCUT2D eigenvalue weighted by molar-refractivity contribution is -0.154. The van der Waals surface area contributed by atoms with Crippen LogP contribution in [0.5, 0.6) is 0 Å². The molecule has 12 heavy (non-hydrogen) atoms. The van der Waals surface area contributed by atoms with Crippen LogP contribution in [0.4, 0.5) is 0 Å². The van der Waals surface area contributed by atoms with E-state index in [9.17, 15) is 5.11 Å². The minimum absolute atomic E-state index is 0.0967. The van der Waals surface area contributed by atoms with Gasteiger partial charge in [0.05, 0.1) is 12.7 Å². The van der Waals surface area contributed by atoms with Gasteiger partial charge in [-0.2, -0.15) is 0 Å². The van der Waals surface area contributed by atoms with Crippen LogP contribution in [0.25, 0.3) is 0 Å². The molecule has 2 rings (SSSR count). The van der Waals surface area contributed by atoms with Gasteiger partial charge < -0.3 is 19.7 Å². The first-order valence-electron chi connectivity index (χ1n) is 4.17. The normalized spacial score (nSPS) is 50.0. The number of hydrogen-bond acceptors (Lipinski definition) is 4. The molecule has 0 aromatic carbocycles. The topological polar surface area (TPSA) is 58.9 Å². The number of aliphatic hydroxyl groups excluding tert-OH is 2. The minimum Gasteiger partial charge on any atom is -0.394 e. The van der Waals surface area contributed by atoms with Crippen molar-refractivity contribution in [1.29, 1.82) is 0 Å². The number of ether oxygens (including phenoxy) is 2. The van der Waals surface area contributed by atoms with Crippen molar-refractivity contribution in [2.24, 2.45) is 0 Å². The number of aliphatic hydroxyl groups is 2. The molecule has 2 fully saturated rings. The highest BCUT2D eigenvalue weighted by Gasteiger charge is 2.67. The molecule has 1 aliphatic heterocycles. The van der Waals surface area contributed by atoms with Gasteiger partial charge in [-0.15, -0.1) is 0 Å². The fourth-order valence-electron chi connectivity index (χ4n) is 1.88. The molecule has 2 aliphatic rings. The molecule has 1 saturated carbocycles. The quantitative estimate of drug-likeness (QED) is 0.569. The fraction of sp³-hybridized carbons (Fsp3) is 1.00. The molecular weight excluding hydrogens is 160 g/mol. The lowest BCUT2D eigenvalue weighted by atomic mass is 10.2. The van der Waals surface area contributed by atoms with E-state index >= 15 is 0 Å². The smallest absolute Gasteiger partial charge is 0.164 e. The summed E-state index contributed by atoms with van der Waals surface area (Å²) in [5.41, 5.74) is -0.613. The van der Waals surface area contributed by atoms with Gasteiger partial charge in [0.15, 0.2) is 5.79 Å². The third-order valence-electron chi connectivity index (χ3n) is 2.49. The molecule has 70 valence electrons. The zero-order valence-electron chi connectivity index (χ0n) is 7.28. The van der Waals surface area contributed by atoms with E-state index in [4.69, 9.17) is 14.6 Å². The van der Waals surface area contributed by atoms with Gasteiger partial charge in [0, 0.05) is 6.42 Å². The van der Waals surface area contributed by atoms with Crippen LogP contribution in [0.15, 0.2) is 0 Å². The molecule has 1 spiro atoms. The summed E-state index contributed by atoms with van der Waals surface area (Å²) in [6, 6.07) is 0. The van der Waals surface area contributed by atoms with Crippen molar-refractivity contribution < 1.29 is 19.7 Å². The largest absolute Gasteiger partial charge is 0.394 e. The molecule has 0 bridgehead atoms. The molecule has 4 nitrogen and oxygen atoms in total. The SMILES string of the molecule is CC1(C)O[C@H](CO)C2(C[C@H]2O)O1. The predicted molar refractivity (Wildman–Crippen MR) is 40.5 cm³/mol. The minimum atomic E-state index is -0.676. The highest BCUT2D eigenvalue weighted by atomic mass is 16.8. The average Bonchev–Trinajstić information content (AvgIpc) is 2.45. The van der Waals surface area contributed by atoms with Gasteiger partial charge in [0.1, 0.15) is 11.7 Å². The summed E-state index contributed by atoms with van der Waals surface area (Å²) in [7, 11) is 0. The van der Waals surface area contributed by atoms with Crippen LogP contribution in [0.3, 0.4) is 0 Å². The van der Waals surface area contributed by atoms with Gasteiger partial charge in [-0.3, -0.25) is 0 Å².